The lowest BCUT2D eigenvalue weighted by atomic mass is 9.90. The van der Waals surface area contributed by atoms with Crippen LogP contribution in [0.25, 0.3) is 39.1 Å². The SMILES string of the molecule is Cc1cccc(-c2[nH]cnc2-c2ccc3ncc(C4=CCC(NC(C)C)CC4)cc3c2)n1. The van der Waals surface area contributed by atoms with Crippen molar-refractivity contribution in [3.05, 3.63) is 72.3 Å². The molecule has 4 aromatic rings. The molecular weight excluding hydrogens is 394 g/mol. The molecule has 0 saturated carbocycles. The molecule has 5 rings (SSSR count). The van der Waals surface area contributed by atoms with Gasteiger partial charge in [0.1, 0.15) is 0 Å². The molecule has 0 fully saturated rings. The molecule has 0 amide bonds. The number of nitrogens with zero attached hydrogens (tertiary/aromatic N) is 3. The first-order valence-corrected chi connectivity index (χ1v) is 11.4. The number of hydrogen-bond acceptors (Lipinski definition) is 4. The van der Waals surface area contributed by atoms with Crippen LogP contribution in [0.1, 0.15) is 44.4 Å². The standard InChI is InChI=1S/C27H29N5/c1-17(2)31-23-10-7-19(8-11-23)22-14-21-13-20(9-12-24(21)28-15-22)26-27(30-16-29-26)25-6-4-5-18(3)32-25/h4-7,9,12-17,23,31H,8,10-11H2,1-3H3,(H,29,30). The summed E-state index contributed by atoms with van der Waals surface area (Å²) in [5, 5.41) is 4.79. The van der Waals surface area contributed by atoms with Crippen LogP contribution < -0.4 is 5.32 Å². The second-order valence-corrected chi connectivity index (χ2v) is 8.94. The average Bonchev–Trinajstić information content (AvgIpc) is 3.28. The fraction of sp³-hybridized carbons (Fsp3) is 0.296. The number of aromatic amines is 1. The maximum absolute atomic E-state index is 4.74. The van der Waals surface area contributed by atoms with E-state index in [1.807, 2.05) is 31.3 Å². The molecular formula is C27H29N5. The highest BCUT2D eigenvalue weighted by atomic mass is 14.9. The number of aryl methyl sites for hydroxylation is 1. The van der Waals surface area contributed by atoms with Crippen molar-refractivity contribution in [2.45, 2.75) is 52.1 Å². The van der Waals surface area contributed by atoms with E-state index in [2.05, 4.69) is 64.5 Å². The van der Waals surface area contributed by atoms with E-state index >= 15 is 0 Å². The minimum absolute atomic E-state index is 0.526. The smallest absolute Gasteiger partial charge is 0.0977 e. The number of hydrogen-bond donors (Lipinski definition) is 2. The summed E-state index contributed by atoms with van der Waals surface area (Å²) < 4.78 is 0. The third-order valence-corrected chi connectivity index (χ3v) is 6.09. The van der Waals surface area contributed by atoms with E-state index in [9.17, 15) is 0 Å². The Bertz CT molecular complexity index is 1280. The molecule has 0 aliphatic heterocycles. The molecule has 162 valence electrons. The van der Waals surface area contributed by atoms with Crippen LogP contribution in [0.5, 0.6) is 0 Å². The Labute approximate surface area is 189 Å². The van der Waals surface area contributed by atoms with E-state index in [1.54, 1.807) is 6.33 Å². The van der Waals surface area contributed by atoms with Crippen LogP contribution in [0.2, 0.25) is 0 Å². The molecule has 0 saturated heterocycles. The second-order valence-electron chi connectivity index (χ2n) is 8.94. The molecule has 1 aromatic carbocycles. The predicted molar refractivity (Wildman–Crippen MR) is 131 cm³/mol. The van der Waals surface area contributed by atoms with Gasteiger partial charge in [-0.25, -0.2) is 4.98 Å². The van der Waals surface area contributed by atoms with Gasteiger partial charge in [0.25, 0.3) is 0 Å². The van der Waals surface area contributed by atoms with Gasteiger partial charge < -0.3 is 10.3 Å². The number of benzene rings is 1. The highest BCUT2D eigenvalue weighted by Crippen LogP contribution is 2.32. The largest absolute Gasteiger partial charge is 0.343 e. The first-order valence-electron chi connectivity index (χ1n) is 11.4. The van der Waals surface area contributed by atoms with Crippen molar-refractivity contribution in [3.8, 4) is 22.6 Å². The number of fused-ring (bicyclic) bond motifs is 1. The Balaban J connectivity index is 1.47. The zero-order valence-electron chi connectivity index (χ0n) is 18.9. The van der Waals surface area contributed by atoms with E-state index < -0.39 is 0 Å². The maximum atomic E-state index is 4.74. The van der Waals surface area contributed by atoms with Gasteiger partial charge in [0.05, 0.1) is 28.9 Å². The van der Waals surface area contributed by atoms with Gasteiger partial charge in [-0.2, -0.15) is 0 Å². The van der Waals surface area contributed by atoms with Crippen LogP contribution in [0.15, 0.2) is 61.1 Å². The van der Waals surface area contributed by atoms with Gasteiger partial charge in [-0.3, -0.25) is 9.97 Å². The minimum atomic E-state index is 0.526. The fourth-order valence-corrected chi connectivity index (χ4v) is 4.56. The van der Waals surface area contributed by atoms with Crippen molar-refractivity contribution < 1.29 is 0 Å². The Hall–Kier alpha value is -3.31. The Morgan fingerprint density at radius 1 is 1.06 bits per heavy atom. The molecule has 1 aliphatic carbocycles. The molecule has 0 bridgehead atoms. The molecule has 3 heterocycles. The average molecular weight is 424 g/mol. The van der Waals surface area contributed by atoms with Crippen molar-refractivity contribution in [1.82, 2.24) is 25.3 Å². The summed E-state index contributed by atoms with van der Waals surface area (Å²) in [6.07, 6.45) is 9.46. The van der Waals surface area contributed by atoms with E-state index in [0.717, 1.165) is 52.1 Å². The molecule has 1 atom stereocenters. The molecule has 0 spiro atoms. The van der Waals surface area contributed by atoms with Gasteiger partial charge in [0.15, 0.2) is 0 Å². The summed E-state index contributed by atoms with van der Waals surface area (Å²) in [7, 11) is 0. The van der Waals surface area contributed by atoms with Gasteiger partial charge in [-0.1, -0.05) is 32.1 Å². The molecule has 5 heteroatoms. The minimum Gasteiger partial charge on any atom is -0.343 e. The predicted octanol–water partition coefficient (Wildman–Crippen LogP) is 5.93. The quantitative estimate of drug-likeness (QED) is 0.417. The van der Waals surface area contributed by atoms with Gasteiger partial charge in [-0.05, 0) is 67.7 Å². The summed E-state index contributed by atoms with van der Waals surface area (Å²) in [4.78, 5) is 17.3. The van der Waals surface area contributed by atoms with E-state index in [1.165, 1.54) is 17.6 Å². The Morgan fingerprint density at radius 2 is 1.94 bits per heavy atom. The number of imidazole rings is 1. The second kappa shape index (κ2) is 8.67. The first-order chi connectivity index (χ1) is 15.6. The van der Waals surface area contributed by atoms with Crippen molar-refractivity contribution in [3.63, 3.8) is 0 Å². The summed E-state index contributed by atoms with van der Waals surface area (Å²) in [5.74, 6) is 0. The molecule has 3 aromatic heterocycles. The van der Waals surface area contributed by atoms with Crippen molar-refractivity contribution in [2.24, 2.45) is 0 Å². The lowest BCUT2D eigenvalue weighted by Gasteiger charge is -2.25. The highest BCUT2D eigenvalue weighted by molar-refractivity contribution is 5.88. The molecule has 5 nitrogen and oxygen atoms in total. The number of H-pyrrole nitrogens is 1. The van der Waals surface area contributed by atoms with Gasteiger partial charge >= 0.3 is 0 Å². The normalized spacial score (nSPS) is 16.5. The highest BCUT2D eigenvalue weighted by Gasteiger charge is 2.17. The molecule has 2 N–H and O–H groups in total. The van der Waals surface area contributed by atoms with Crippen LogP contribution in [-0.2, 0) is 0 Å². The summed E-state index contributed by atoms with van der Waals surface area (Å²) in [5.41, 5.74) is 8.43. The lowest BCUT2D eigenvalue weighted by Crippen LogP contribution is -2.35. The lowest BCUT2D eigenvalue weighted by molar-refractivity contribution is 0.437. The number of rotatable bonds is 5. The summed E-state index contributed by atoms with van der Waals surface area (Å²) >= 11 is 0. The van der Waals surface area contributed by atoms with Crippen LogP contribution in [-0.4, -0.2) is 32.0 Å². The van der Waals surface area contributed by atoms with E-state index in [0.29, 0.717) is 12.1 Å². The number of allylic oxidation sites excluding steroid dienone is 1. The molecule has 32 heavy (non-hydrogen) atoms. The van der Waals surface area contributed by atoms with Crippen LogP contribution in [0, 0.1) is 6.92 Å². The fourth-order valence-electron chi connectivity index (χ4n) is 4.56. The summed E-state index contributed by atoms with van der Waals surface area (Å²) in [6.45, 7) is 6.43. The number of aromatic nitrogens is 4. The topological polar surface area (TPSA) is 66.5 Å². The van der Waals surface area contributed by atoms with Gasteiger partial charge in [0, 0.05) is 34.9 Å². The number of pyridine rings is 2. The zero-order chi connectivity index (χ0) is 22.1. The zero-order valence-corrected chi connectivity index (χ0v) is 18.9. The van der Waals surface area contributed by atoms with Crippen LogP contribution >= 0.6 is 0 Å². The van der Waals surface area contributed by atoms with E-state index in [-0.39, 0.29) is 0 Å². The summed E-state index contributed by atoms with van der Waals surface area (Å²) in [6, 6.07) is 15.8. The molecule has 1 aliphatic rings. The van der Waals surface area contributed by atoms with Crippen molar-refractivity contribution >= 4 is 16.5 Å². The monoisotopic (exact) mass is 423 g/mol. The maximum Gasteiger partial charge on any atom is 0.0977 e. The van der Waals surface area contributed by atoms with Crippen LogP contribution in [0.3, 0.4) is 0 Å². The van der Waals surface area contributed by atoms with Gasteiger partial charge in [0.2, 0.25) is 0 Å². The van der Waals surface area contributed by atoms with Gasteiger partial charge in [-0.15, -0.1) is 0 Å². The Kier molecular flexibility index (Phi) is 5.58. The number of nitrogens with one attached hydrogen (secondary N) is 2. The third kappa shape index (κ3) is 4.21. The van der Waals surface area contributed by atoms with Crippen molar-refractivity contribution in [1.29, 1.82) is 0 Å². The third-order valence-electron chi connectivity index (χ3n) is 6.09. The first kappa shape index (κ1) is 20.6. The molecule has 1 unspecified atom stereocenters. The van der Waals surface area contributed by atoms with Crippen molar-refractivity contribution in [2.75, 3.05) is 0 Å². The Morgan fingerprint density at radius 3 is 2.72 bits per heavy atom. The van der Waals surface area contributed by atoms with Crippen LogP contribution in [0.4, 0.5) is 0 Å². The van der Waals surface area contributed by atoms with E-state index in [4.69, 9.17) is 4.98 Å². The molecule has 0 radical (unpaired) electrons.